The van der Waals surface area contributed by atoms with E-state index in [9.17, 15) is 9.65 Å². The molecule has 2 saturated carbocycles. The quantitative estimate of drug-likeness (QED) is 0.640. The van der Waals surface area contributed by atoms with Crippen molar-refractivity contribution in [1.29, 1.82) is 10.7 Å². The molecule has 6 heteroatoms. The number of nitrogens with zero attached hydrogens (tertiary/aromatic N) is 2. The van der Waals surface area contributed by atoms with Crippen LogP contribution in [0.4, 0.5) is 10.2 Å². The summed E-state index contributed by atoms with van der Waals surface area (Å²) in [4.78, 5) is 4.45. The summed E-state index contributed by atoms with van der Waals surface area (Å²) >= 11 is 0. The van der Waals surface area contributed by atoms with E-state index in [2.05, 4.69) is 15.6 Å². The lowest BCUT2D eigenvalue weighted by Gasteiger charge is -2.24. The largest absolute Gasteiger partial charge is 0.391 e. The minimum Gasteiger partial charge on any atom is -0.391 e. The Balaban J connectivity index is 1.97. The molecule has 0 saturated heterocycles. The van der Waals surface area contributed by atoms with Crippen LogP contribution in [-0.4, -0.2) is 24.3 Å². The fraction of sp³-hybridized carbons (Fsp3) is 0.550. The van der Waals surface area contributed by atoms with Crippen LogP contribution in [0.25, 0.3) is 5.57 Å². The Labute approximate surface area is 154 Å². The van der Waals surface area contributed by atoms with Crippen LogP contribution in [0.3, 0.4) is 0 Å². The summed E-state index contributed by atoms with van der Waals surface area (Å²) in [5.74, 6) is 0.475. The molecule has 3 N–H and O–H groups in total. The summed E-state index contributed by atoms with van der Waals surface area (Å²) in [5, 5.41) is 23.6. The highest BCUT2D eigenvalue weighted by molar-refractivity contribution is 6.09. The lowest BCUT2D eigenvalue weighted by Crippen LogP contribution is -2.24. The molecule has 2 fully saturated rings. The van der Waals surface area contributed by atoms with Crippen LogP contribution < -0.4 is 10.6 Å². The molecule has 0 amide bonds. The Morgan fingerprint density at radius 1 is 1.35 bits per heavy atom. The fourth-order valence-corrected chi connectivity index (χ4v) is 3.57. The molecule has 1 aromatic rings. The predicted molar refractivity (Wildman–Crippen MR) is 102 cm³/mol. The van der Waals surface area contributed by atoms with Crippen LogP contribution in [0.5, 0.6) is 0 Å². The van der Waals surface area contributed by atoms with Gasteiger partial charge in [0.15, 0.2) is 5.82 Å². The molecule has 0 aromatic carbocycles. The molecule has 0 unspecified atom stereocenters. The van der Waals surface area contributed by atoms with E-state index in [4.69, 9.17) is 5.41 Å². The molecule has 1 aromatic heterocycles. The zero-order valence-electron chi connectivity index (χ0n) is 15.2. The number of hydrogen-bond acceptors (Lipinski definition) is 5. The second kappa shape index (κ2) is 8.31. The molecule has 0 spiro atoms. The topological polar surface area (TPSA) is 84.6 Å². The summed E-state index contributed by atoms with van der Waals surface area (Å²) in [6, 6.07) is 3.55. The standard InChI is InChI=1S/C20H26FN5/c1-24-18(9-13-7-8-13)16(12-23)19-17(21)10-14(11-22)20(26-19)25-15-5-3-2-4-6-15/h10,12-13,15,23-24H,2-9H2,1H3,(H,25,26)/b18-16+,23-12?. The molecule has 3 rings (SSSR count). The Morgan fingerprint density at radius 2 is 2.08 bits per heavy atom. The van der Waals surface area contributed by atoms with E-state index < -0.39 is 5.82 Å². The number of rotatable bonds is 7. The SMILES string of the molecule is CN/C(CC1CC1)=C(\C=N)c1nc(NC2CCCCC2)c(C#N)cc1F. The normalized spacial score (nSPS) is 18.7. The van der Waals surface area contributed by atoms with Gasteiger partial charge in [0.1, 0.15) is 17.6 Å². The third-order valence-corrected chi connectivity index (χ3v) is 5.26. The maximum atomic E-state index is 14.7. The van der Waals surface area contributed by atoms with Gasteiger partial charge in [-0.05, 0) is 44.1 Å². The molecule has 1 heterocycles. The molecule has 26 heavy (non-hydrogen) atoms. The maximum Gasteiger partial charge on any atom is 0.151 e. The van der Waals surface area contributed by atoms with Gasteiger partial charge >= 0.3 is 0 Å². The predicted octanol–water partition coefficient (Wildman–Crippen LogP) is 4.22. The van der Waals surface area contributed by atoms with E-state index >= 15 is 0 Å². The first-order chi connectivity index (χ1) is 12.7. The smallest absolute Gasteiger partial charge is 0.151 e. The number of halogens is 1. The second-order valence-electron chi connectivity index (χ2n) is 7.24. The third kappa shape index (κ3) is 4.21. The Kier molecular flexibility index (Phi) is 5.87. The number of nitrogens with one attached hydrogen (secondary N) is 3. The van der Waals surface area contributed by atoms with E-state index in [1.165, 1.54) is 25.3 Å². The first-order valence-electron chi connectivity index (χ1n) is 9.45. The maximum absolute atomic E-state index is 14.7. The highest BCUT2D eigenvalue weighted by atomic mass is 19.1. The zero-order valence-corrected chi connectivity index (χ0v) is 15.2. The summed E-state index contributed by atoms with van der Waals surface area (Å²) in [7, 11) is 1.80. The van der Waals surface area contributed by atoms with Gasteiger partial charge in [-0.3, -0.25) is 0 Å². The molecule has 0 aliphatic heterocycles. The molecule has 5 nitrogen and oxygen atoms in total. The van der Waals surface area contributed by atoms with Crippen molar-refractivity contribution in [3.8, 4) is 6.07 Å². The van der Waals surface area contributed by atoms with Gasteiger partial charge < -0.3 is 16.0 Å². The van der Waals surface area contributed by atoms with Crippen LogP contribution >= 0.6 is 0 Å². The van der Waals surface area contributed by atoms with Crippen LogP contribution in [0.1, 0.15) is 62.6 Å². The van der Waals surface area contributed by atoms with Gasteiger partial charge in [0, 0.05) is 30.6 Å². The van der Waals surface area contributed by atoms with Crippen molar-refractivity contribution in [2.45, 2.75) is 57.4 Å². The van der Waals surface area contributed by atoms with Gasteiger partial charge in [-0.25, -0.2) is 9.37 Å². The Hall–Kier alpha value is -2.42. The molecule has 2 aliphatic carbocycles. The molecular formula is C20H26FN5. The summed E-state index contributed by atoms with van der Waals surface area (Å²) in [6.45, 7) is 0. The molecule has 2 aliphatic rings. The van der Waals surface area contributed by atoms with Crippen molar-refractivity contribution in [2.24, 2.45) is 5.92 Å². The van der Waals surface area contributed by atoms with E-state index in [-0.39, 0.29) is 17.3 Å². The van der Waals surface area contributed by atoms with Gasteiger partial charge in [0.05, 0.1) is 5.56 Å². The van der Waals surface area contributed by atoms with Crippen LogP contribution in [-0.2, 0) is 0 Å². The average Bonchev–Trinajstić information content (AvgIpc) is 3.48. The Bertz CT molecular complexity index is 739. The minimum atomic E-state index is -0.558. The first kappa shape index (κ1) is 18.4. The van der Waals surface area contributed by atoms with Crippen LogP contribution in [0.2, 0.25) is 0 Å². The summed E-state index contributed by atoms with van der Waals surface area (Å²) in [6.07, 6.45) is 9.94. The number of allylic oxidation sites excluding steroid dienone is 2. The minimum absolute atomic E-state index is 0.141. The summed E-state index contributed by atoms with van der Waals surface area (Å²) < 4.78 is 14.7. The van der Waals surface area contributed by atoms with Gasteiger partial charge in [-0.2, -0.15) is 5.26 Å². The lowest BCUT2D eigenvalue weighted by atomic mass is 9.95. The number of aromatic nitrogens is 1. The van der Waals surface area contributed by atoms with Gasteiger partial charge in [0.2, 0.25) is 0 Å². The van der Waals surface area contributed by atoms with Crippen molar-refractivity contribution in [3.63, 3.8) is 0 Å². The van der Waals surface area contributed by atoms with Crippen molar-refractivity contribution >= 4 is 17.6 Å². The highest BCUT2D eigenvalue weighted by Gasteiger charge is 2.25. The zero-order chi connectivity index (χ0) is 18.5. The van der Waals surface area contributed by atoms with Crippen LogP contribution in [0.15, 0.2) is 11.8 Å². The van der Waals surface area contributed by atoms with Gasteiger partial charge in [-0.1, -0.05) is 19.3 Å². The van der Waals surface area contributed by atoms with Crippen molar-refractivity contribution in [2.75, 3.05) is 12.4 Å². The van der Waals surface area contributed by atoms with E-state index in [1.807, 2.05) is 6.07 Å². The van der Waals surface area contributed by atoms with E-state index in [0.29, 0.717) is 17.3 Å². The molecule has 138 valence electrons. The fourth-order valence-electron chi connectivity index (χ4n) is 3.57. The second-order valence-corrected chi connectivity index (χ2v) is 7.24. The monoisotopic (exact) mass is 355 g/mol. The van der Waals surface area contributed by atoms with Crippen molar-refractivity contribution in [1.82, 2.24) is 10.3 Å². The lowest BCUT2D eigenvalue weighted by molar-refractivity contribution is 0.461. The van der Waals surface area contributed by atoms with Crippen molar-refractivity contribution < 1.29 is 4.39 Å². The molecule has 0 atom stereocenters. The van der Waals surface area contributed by atoms with Crippen LogP contribution in [0, 0.1) is 28.5 Å². The number of hydrogen-bond donors (Lipinski definition) is 3. The number of pyridine rings is 1. The van der Waals surface area contributed by atoms with E-state index in [1.54, 1.807) is 7.05 Å². The molecular weight excluding hydrogens is 329 g/mol. The van der Waals surface area contributed by atoms with Gasteiger partial charge in [-0.15, -0.1) is 0 Å². The number of anilines is 1. The van der Waals surface area contributed by atoms with Crippen molar-refractivity contribution in [3.05, 3.63) is 28.8 Å². The summed E-state index contributed by atoms with van der Waals surface area (Å²) in [5.41, 5.74) is 1.66. The average molecular weight is 355 g/mol. The number of nitriles is 1. The highest BCUT2D eigenvalue weighted by Crippen LogP contribution is 2.36. The molecule has 0 radical (unpaired) electrons. The van der Waals surface area contributed by atoms with E-state index in [0.717, 1.165) is 44.0 Å². The molecule has 0 bridgehead atoms. The van der Waals surface area contributed by atoms with Gasteiger partial charge in [0.25, 0.3) is 0 Å². The third-order valence-electron chi connectivity index (χ3n) is 5.26. The Morgan fingerprint density at radius 3 is 2.65 bits per heavy atom. The first-order valence-corrected chi connectivity index (χ1v) is 9.45.